The average Bonchev–Trinajstić information content (AvgIpc) is 2.75. The van der Waals surface area contributed by atoms with Crippen LogP contribution in [0.3, 0.4) is 0 Å². The molecule has 2 N–H and O–H groups in total. The molecule has 1 aromatic heterocycles. The molecule has 0 aliphatic rings. The van der Waals surface area contributed by atoms with Gasteiger partial charge in [0.05, 0.1) is 18.9 Å². The molecule has 0 saturated heterocycles. The lowest BCUT2D eigenvalue weighted by atomic mass is 10.2. The highest BCUT2D eigenvalue weighted by Crippen LogP contribution is 2.19. The van der Waals surface area contributed by atoms with E-state index in [1.165, 1.54) is 7.11 Å². The number of aromatic nitrogens is 2. The molecule has 1 heterocycles. The molecular formula is C12H13N3O2. The summed E-state index contributed by atoms with van der Waals surface area (Å²) in [6.07, 6.45) is 1.65. The van der Waals surface area contributed by atoms with Crippen LogP contribution in [0.1, 0.15) is 15.9 Å². The molecule has 0 aliphatic heterocycles. The number of nitrogens with zero attached hydrogens (tertiary/aromatic N) is 1. The Morgan fingerprint density at radius 1 is 1.41 bits per heavy atom. The largest absolute Gasteiger partial charge is 0.496 e. The Morgan fingerprint density at radius 3 is 2.82 bits per heavy atom. The summed E-state index contributed by atoms with van der Waals surface area (Å²) in [5, 5.41) is 9.31. The summed E-state index contributed by atoms with van der Waals surface area (Å²) in [4.78, 5) is 12.0. The maximum Gasteiger partial charge on any atom is 0.260 e. The van der Waals surface area contributed by atoms with E-state index in [2.05, 4.69) is 15.5 Å². The Balaban J connectivity index is 2.23. The fourth-order valence-electron chi connectivity index (χ4n) is 1.49. The molecule has 0 saturated carbocycles. The van der Waals surface area contributed by atoms with E-state index in [0.717, 1.165) is 5.56 Å². The lowest BCUT2D eigenvalue weighted by Gasteiger charge is -2.08. The van der Waals surface area contributed by atoms with Gasteiger partial charge in [0, 0.05) is 5.56 Å². The van der Waals surface area contributed by atoms with Crippen molar-refractivity contribution in [3.8, 4) is 5.75 Å². The van der Waals surface area contributed by atoms with Gasteiger partial charge in [0.15, 0.2) is 0 Å². The van der Waals surface area contributed by atoms with Crippen LogP contribution >= 0.6 is 0 Å². The smallest absolute Gasteiger partial charge is 0.260 e. The van der Waals surface area contributed by atoms with Crippen molar-refractivity contribution in [3.63, 3.8) is 0 Å². The minimum Gasteiger partial charge on any atom is -0.496 e. The third kappa shape index (κ3) is 2.28. The van der Waals surface area contributed by atoms with Crippen molar-refractivity contribution in [1.29, 1.82) is 0 Å². The van der Waals surface area contributed by atoms with Crippen LogP contribution < -0.4 is 10.1 Å². The summed E-state index contributed by atoms with van der Waals surface area (Å²) < 4.78 is 5.13. The molecule has 17 heavy (non-hydrogen) atoms. The molecule has 1 aromatic carbocycles. The number of hydrogen-bond acceptors (Lipinski definition) is 3. The molecule has 2 rings (SSSR count). The number of carbonyl (C=O) groups excluding carboxylic acids is 1. The number of aryl methyl sites for hydroxylation is 1. The predicted octanol–water partition coefficient (Wildman–Crippen LogP) is 1.98. The topological polar surface area (TPSA) is 67.0 Å². The highest BCUT2D eigenvalue weighted by molar-refractivity contribution is 6.06. The molecule has 0 fully saturated rings. The lowest BCUT2D eigenvalue weighted by Crippen LogP contribution is -2.14. The number of para-hydroxylation sites is 1. The second kappa shape index (κ2) is 4.69. The maximum atomic E-state index is 12.0. The Hall–Kier alpha value is -2.30. The third-order valence-electron chi connectivity index (χ3n) is 2.42. The van der Waals surface area contributed by atoms with Crippen LogP contribution in [0.25, 0.3) is 0 Å². The van der Waals surface area contributed by atoms with Gasteiger partial charge in [-0.15, -0.1) is 0 Å². The predicted molar refractivity (Wildman–Crippen MR) is 64.3 cm³/mol. The van der Waals surface area contributed by atoms with Crippen LogP contribution in [0, 0.1) is 6.92 Å². The van der Waals surface area contributed by atoms with Crippen molar-refractivity contribution >= 4 is 11.7 Å². The Morgan fingerprint density at radius 2 is 2.18 bits per heavy atom. The van der Waals surface area contributed by atoms with Crippen molar-refractivity contribution in [2.45, 2.75) is 6.92 Å². The van der Waals surface area contributed by atoms with Crippen LogP contribution in [0.4, 0.5) is 5.82 Å². The van der Waals surface area contributed by atoms with Crippen molar-refractivity contribution in [3.05, 3.63) is 41.6 Å². The molecule has 0 radical (unpaired) electrons. The summed E-state index contributed by atoms with van der Waals surface area (Å²) in [6, 6.07) is 7.06. The summed E-state index contributed by atoms with van der Waals surface area (Å²) >= 11 is 0. The van der Waals surface area contributed by atoms with E-state index in [1.807, 2.05) is 13.0 Å². The number of carbonyl (C=O) groups is 1. The SMILES string of the molecule is COc1ccccc1C(=O)Nc1[nH]ncc1C. The molecule has 0 unspecified atom stereocenters. The van der Waals surface area contributed by atoms with Gasteiger partial charge < -0.3 is 10.1 Å². The zero-order chi connectivity index (χ0) is 12.3. The fourth-order valence-corrected chi connectivity index (χ4v) is 1.49. The van der Waals surface area contributed by atoms with E-state index in [-0.39, 0.29) is 5.91 Å². The number of anilines is 1. The van der Waals surface area contributed by atoms with E-state index in [9.17, 15) is 4.79 Å². The number of nitrogens with one attached hydrogen (secondary N) is 2. The molecule has 5 heteroatoms. The van der Waals surface area contributed by atoms with Crippen LogP contribution in [0.15, 0.2) is 30.5 Å². The maximum absolute atomic E-state index is 12.0. The first-order valence-corrected chi connectivity index (χ1v) is 5.16. The molecule has 5 nitrogen and oxygen atoms in total. The molecule has 1 amide bonds. The molecule has 0 atom stereocenters. The number of aromatic amines is 1. The van der Waals surface area contributed by atoms with Crippen molar-refractivity contribution in [1.82, 2.24) is 10.2 Å². The second-order valence-electron chi connectivity index (χ2n) is 3.58. The van der Waals surface area contributed by atoms with E-state index in [1.54, 1.807) is 24.4 Å². The lowest BCUT2D eigenvalue weighted by molar-refractivity contribution is 0.102. The minimum absolute atomic E-state index is 0.227. The van der Waals surface area contributed by atoms with Gasteiger partial charge >= 0.3 is 0 Å². The van der Waals surface area contributed by atoms with Crippen LogP contribution in [0.2, 0.25) is 0 Å². The number of benzene rings is 1. The number of rotatable bonds is 3. The van der Waals surface area contributed by atoms with Gasteiger partial charge in [-0.3, -0.25) is 9.89 Å². The number of H-pyrrole nitrogens is 1. The number of hydrogen-bond donors (Lipinski definition) is 2. The van der Waals surface area contributed by atoms with Gasteiger partial charge in [0.2, 0.25) is 0 Å². The first-order valence-electron chi connectivity index (χ1n) is 5.16. The monoisotopic (exact) mass is 231 g/mol. The standard InChI is InChI=1S/C12H13N3O2/c1-8-7-13-15-11(8)14-12(16)9-5-3-4-6-10(9)17-2/h3-7H,1-2H3,(H2,13,14,15,16). The summed E-state index contributed by atoms with van der Waals surface area (Å²) in [7, 11) is 1.54. The van der Waals surface area contributed by atoms with Crippen LogP contribution in [-0.2, 0) is 0 Å². The number of methoxy groups -OCH3 is 1. The zero-order valence-electron chi connectivity index (χ0n) is 9.65. The molecule has 0 bridgehead atoms. The van der Waals surface area contributed by atoms with Gasteiger partial charge in [-0.05, 0) is 19.1 Å². The van der Waals surface area contributed by atoms with Crippen molar-refractivity contribution in [2.75, 3.05) is 12.4 Å². The Labute approximate surface area is 98.8 Å². The van der Waals surface area contributed by atoms with E-state index in [0.29, 0.717) is 17.1 Å². The summed E-state index contributed by atoms with van der Waals surface area (Å²) in [5.74, 6) is 0.915. The molecule has 0 spiro atoms. The zero-order valence-corrected chi connectivity index (χ0v) is 9.65. The number of amides is 1. The van der Waals surface area contributed by atoms with Crippen LogP contribution in [-0.4, -0.2) is 23.2 Å². The van der Waals surface area contributed by atoms with Gasteiger partial charge in [-0.1, -0.05) is 12.1 Å². The molecule has 88 valence electrons. The van der Waals surface area contributed by atoms with Crippen molar-refractivity contribution in [2.24, 2.45) is 0 Å². The van der Waals surface area contributed by atoms with Gasteiger partial charge in [0.1, 0.15) is 11.6 Å². The second-order valence-corrected chi connectivity index (χ2v) is 3.58. The highest BCUT2D eigenvalue weighted by Gasteiger charge is 2.12. The average molecular weight is 231 g/mol. The quantitative estimate of drug-likeness (QED) is 0.848. The fraction of sp³-hybridized carbons (Fsp3) is 0.167. The Bertz CT molecular complexity index is 534. The third-order valence-corrected chi connectivity index (χ3v) is 2.42. The van der Waals surface area contributed by atoms with E-state index >= 15 is 0 Å². The molecule has 2 aromatic rings. The first-order chi connectivity index (χ1) is 8.22. The van der Waals surface area contributed by atoms with E-state index in [4.69, 9.17) is 4.74 Å². The Kier molecular flexibility index (Phi) is 3.09. The van der Waals surface area contributed by atoms with Gasteiger partial charge in [-0.25, -0.2) is 0 Å². The first kappa shape index (κ1) is 11.2. The van der Waals surface area contributed by atoms with Gasteiger partial charge in [-0.2, -0.15) is 5.10 Å². The number of ether oxygens (including phenoxy) is 1. The molecular weight excluding hydrogens is 218 g/mol. The van der Waals surface area contributed by atoms with Gasteiger partial charge in [0.25, 0.3) is 5.91 Å². The summed E-state index contributed by atoms with van der Waals surface area (Å²) in [5.41, 5.74) is 1.37. The van der Waals surface area contributed by atoms with E-state index < -0.39 is 0 Å². The highest BCUT2D eigenvalue weighted by atomic mass is 16.5. The minimum atomic E-state index is -0.227. The van der Waals surface area contributed by atoms with Crippen LogP contribution in [0.5, 0.6) is 5.75 Å². The van der Waals surface area contributed by atoms with Crippen molar-refractivity contribution < 1.29 is 9.53 Å². The normalized spacial score (nSPS) is 10.0. The summed E-state index contributed by atoms with van der Waals surface area (Å²) in [6.45, 7) is 1.86. The molecule has 0 aliphatic carbocycles.